The van der Waals surface area contributed by atoms with Crippen molar-refractivity contribution < 1.29 is 28.5 Å². The maximum absolute atomic E-state index is 13.2. The molecule has 2 aromatic carbocycles. The minimum Gasteiger partial charge on any atom is -0.497 e. The van der Waals surface area contributed by atoms with E-state index in [1.165, 1.54) is 4.90 Å². The monoisotopic (exact) mass is 458 g/mol. The van der Waals surface area contributed by atoms with Gasteiger partial charge >= 0.3 is 0 Å². The Balaban J connectivity index is 2.16. The number of ether oxygens (including phenoxy) is 4. The number of nitrogens with one attached hydrogen (secondary N) is 1. The molecule has 2 aromatic rings. The molecule has 1 N–H and O–H groups in total. The summed E-state index contributed by atoms with van der Waals surface area (Å²) in [4.78, 5) is 27.4. The summed E-state index contributed by atoms with van der Waals surface area (Å²) in [6.07, 6.45) is 1.85. The lowest BCUT2D eigenvalue weighted by Crippen LogP contribution is -2.49. The van der Waals surface area contributed by atoms with Gasteiger partial charge in [0, 0.05) is 31.3 Å². The van der Waals surface area contributed by atoms with Gasteiger partial charge in [0.15, 0.2) is 6.61 Å². The highest BCUT2D eigenvalue weighted by Crippen LogP contribution is 2.27. The second kappa shape index (κ2) is 13.2. The third-order valence-electron chi connectivity index (χ3n) is 5.20. The van der Waals surface area contributed by atoms with E-state index in [1.54, 1.807) is 46.5 Å². The first kappa shape index (κ1) is 25.8. The Labute approximate surface area is 195 Å². The molecule has 0 aliphatic carbocycles. The Kier molecular flexibility index (Phi) is 10.3. The minimum atomic E-state index is -0.667. The first-order valence-corrected chi connectivity index (χ1v) is 11.0. The summed E-state index contributed by atoms with van der Waals surface area (Å²) < 4.78 is 21.4. The van der Waals surface area contributed by atoms with Crippen molar-refractivity contribution in [3.05, 3.63) is 48.0 Å². The number of nitrogens with zero attached hydrogens (tertiary/aromatic N) is 1. The van der Waals surface area contributed by atoms with Crippen LogP contribution >= 0.6 is 0 Å². The molecule has 0 bridgehead atoms. The molecular formula is C25H34N2O6. The lowest BCUT2D eigenvalue weighted by Gasteiger charge is -2.29. The molecule has 0 spiro atoms. The second-order valence-electron chi connectivity index (χ2n) is 7.53. The molecule has 2 rings (SSSR count). The summed E-state index contributed by atoms with van der Waals surface area (Å²) in [6.45, 7) is 4.37. The number of amides is 2. The SMILES string of the molecule is CCCCNC(=O)[C@@H](C)N(Cc1ccc(OC)cc1)C(=O)COc1cc(OC)cc(OC)c1. The van der Waals surface area contributed by atoms with Crippen LogP contribution in [0.15, 0.2) is 42.5 Å². The molecule has 0 radical (unpaired) electrons. The number of rotatable bonds is 13. The molecule has 33 heavy (non-hydrogen) atoms. The highest BCUT2D eigenvalue weighted by atomic mass is 16.5. The Morgan fingerprint density at radius 2 is 1.48 bits per heavy atom. The quantitative estimate of drug-likeness (QED) is 0.463. The van der Waals surface area contributed by atoms with Crippen molar-refractivity contribution in [2.24, 2.45) is 0 Å². The standard InChI is InChI=1S/C25H34N2O6/c1-6-7-12-26-25(29)18(2)27(16-19-8-10-20(30-3)11-9-19)24(28)17-33-23-14-21(31-4)13-22(15-23)32-5/h8-11,13-15,18H,6-7,12,16-17H2,1-5H3,(H,26,29)/t18-/m1/s1. The van der Waals surface area contributed by atoms with Gasteiger partial charge < -0.3 is 29.2 Å². The predicted molar refractivity (Wildman–Crippen MR) is 126 cm³/mol. The zero-order valence-electron chi connectivity index (χ0n) is 20.1. The van der Waals surface area contributed by atoms with Gasteiger partial charge in [-0.3, -0.25) is 9.59 Å². The number of carbonyl (C=O) groups is 2. The van der Waals surface area contributed by atoms with Crippen molar-refractivity contribution in [2.45, 2.75) is 39.3 Å². The van der Waals surface area contributed by atoms with Gasteiger partial charge in [-0.25, -0.2) is 0 Å². The normalized spacial score (nSPS) is 11.3. The summed E-state index contributed by atoms with van der Waals surface area (Å²) in [5.74, 6) is 1.74. The van der Waals surface area contributed by atoms with Crippen molar-refractivity contribution in [2.75, 3.05) is 34.5 Å². The van der Waals surface area contributed by atoms with E-state index in [-0.39, 0.29) is 25.0 Å². The van der Waals surface area contributed by atoms with Gasteiger partial charge in [0.2, 0.25) is 5.91 Å². The molecule has 0 heterocycles. The molecule has 0 aliphatic heterocycles. The second-order valence-corrected chi connectivity index (χ2v) is 7.53. The molecule has 0 fully saturated rings. The van der Waals surface area contributed by atoms with Gasteiger partial charge in [0.1, 0.15) is 29.0 Å². The fourth-order valence-corrected chi connectivity index (χ4v) is 3.14. The van der Waals surface area contributed by atoms with E-state index in [0.717, 1.165) is 24.2 Å². The molecule has 8 heteroatoms. The van der Waals surface area contributed by atoms with E-state index in [9.17, 15) is 9.59 Å². The molecule has 180 valence electrons. The van der Waals surface area contributed by atoms with Crippen molar-refractivity contribution >= 4 is 11.8 Å². The fraction of sp³-hybridized carbons (Fsp3) is 0.440. The van der Waals surface area contributed by atoms with Gasteiger partial charge in [-0.05, 0) is 31.0 Å². The highest BCUT2D eigenvalue weighted by Gasteiger charge is 2.26. The third-order valence-corrected chi connectivity index (χ3v) is 5.20. The number of carbonyl (C=O) groups excluding carboxylic acids is 2. The maximum atomic E-state index is 13.2. The number of hydrogen-bond donors (Lipinski definition) is 1. The van der Waals surface area contributed by atoms with Gasteiger partial charge in [-0.2, -0.15) is 0 Å². The van der Waals surface area contributed by atoms with Crippen LogP contribution < -0.4 is 24.3 Å². The zero-order valence-corrected chi connectivity index (χ0v) is 20.1. The number of unbranched alkanes of at least 4 members (excludes halogenated alkanes) is 1. The van der Waals surface area contributed by atoms with Crippen LogP contribution in [0.3, 0.4) is 0 Å². The van der Waals surface area contributed by atoms with Gasteiger partial charge in [0.05, 0.1) is 21.3 Å². The summed E-state index contributed by atoms with van der Waals surface area (Å²) in [5.41, 5.74) is 0.875. The van der Waals surface area contributed by atoms with Gasteiger partial charge in [0.25, 0.3) is 5.91 Å². The lowest BCUT2D eigenvalue weighted by atomic mass is 10.1. The van der Waals surface area contributed by atoms with Crippen LogP contribution in [0.4, 0.5) is 0 Å². The van der Waals surface area contributed by atoms with Gasteiger partial charge in [-0.15, -0.1) is 0 Å². The number of methoxy groups -OCH3 is 3. The molecular weight excluding hydrogens is 424 g/mol. The molecule has 0 aromatic heterocycles. The Morgan fingerprint density at radius 3 is 2.03 bits per heavy atom. The minimum absolute atomic E-state index is 0.201. The van der Waals surface area contributed by atoms with E-state index in [2.05, 4.69) is 12.2 Å². The smallest absolute Gasteiger partial charge is 0.261 e. The molecule has 0 saturated carbocycles. The first-order chi connectivity index (χ1) is 15.9. The number of hydrogen-bond acceptors (Lipinski definition) is 6. The van der Waals surface area contributed by atoms with E-state index >= 15 is 0 Å². The van der Waals surface area contributed by atoms with Gasteiger partial charge in [-0.1, -0.05) is 25.5 Å². The summed E-state index contributed by atoms with van der Waals surface area (Å²) in [6, 6.07) is 11.8. The van der Waals surface area contributed by atoms with Crippen molar-refractivity contribution in [1.82, 2.24) is 10.2 Å². The molecule has 1 atom stereocenters. The van der Waals surface area contributed by atoms with Crippen molar-refractivity contribution in [3.63, 3.8) is 0 Å². The zero-order chi connectivity index (χ0) is 24.2. The molecule has 0 unspecified atom stereocenters. The first-order valence-electron chi connectivity index (χ1n) is 11.0. The van der Waals surface area contributed by atoms with E-state index in [4.69, 9.17) is 18.9 Å². The van der Waals surface area contributed by atoms with E-state index < -0.39 is 6.04 Å². The molecule has 0 saturated heterocycles. The Hall–Kier alpha value is -3.42. The molecule has 2 amide bonds. The average Bonchev–Trinajstić information content (AvgIpc) is 2.85. The summed E-state index contributed by atoms with van der Waals surface area (Å²) >= 11 is 0. The third kappa shape index (κ3) is 7.89. The van der Waals surface area contributed by atoms with Crippen LogP contribution in [-0.2, 0) is 16.1 Å². The number of benzene rings is 2. The summed E-state index contributed by atoms with van der Waals surface area (Å²) in [5, 5.41) is 2.90. The topological polar surface area (TPSA) is 86.3 Å². The predicted octanol–water partition coefficient (Wildman–Crippen LogP) is 3.42. The van der Waals surface area contributed by atoms with Crippen LogP contribution in [0, 0.1) is 0 Å². The summed E-state index contributed by atoms with van der Waals surface area (Å²) in [7, 11) is 4.68. The maximum Gasteiger partial charge on any atom is 0.261 e. The van der Waals surface area contributed by atoms with Crippen LogP contribution in [-0.4, -0.2) is 57.2 Å². The Bertz CT molecular complexity index is 878. The van der Waals surface area contributed by atoms with Crippen LogP contribution in [0.5, 0.6) is 23.0 Å². The largest absolute Gasteiger partial charge is 0.497 e. The fourth-order valence-electron chi connectivity index (χ4n) is 3.14. The lowest BCUT2D eigenvalue weighted by molar-refractivity contribution is -0.142. The van der Waals surface area contributed by atoms with Crippen LogP contribution in [0.2, 0.25) is 0 Å². The van der Waals surface area contributed by atoms with E-state index in [1.807, 2.05) is 24.3 Å². The van der Waals surface area contributed by atoms with Crippen molar-refractivity contribution in [3.8, 4) is 23.0 Å². The Morgan fingerprint density at radius 1 is 0.909 bits per heavy atom. The van der Waals surface area contributed by atoms with E-state index in [0.29, 0.717) is 23.8 Å². The highest BCUT2D eigenvalue weighted by molar-refractivity contribution is 5.88. The average molecular weight is 459 g/mol. The van der Waals surface area contributed by atoms with Crippen LogP contribution in [0.25, 0.3) is 0 Å². The van der Waals surface area contributed by atoms with Crippen molar-refractivity contribution in [1.29, 1.82) is 0 Å². The molecule has 0 aliphatic rings. The van der Waals surface area contributed by atoms with Crippen LogP contribution in [0.1, 0.15) is 32.3 Å². The molecule has 8 nitrogen and oxygen atoms in total.